The molecule has 0 bridgehead atoms. The van der Waals surface area contributed by atoms with Gasteiger partial charge in [0.1, 0.15) is 0 Å². The largest absolute Gasteiger partial charge is 0.490 e. The normalized spacial score (nSPS) is 24.6. The number of carboxylic acids is 1. The van der Waals surface area contributed by atoms with Crippen LogP contribution in [0.2, 0.25) is 0 Å². The zero-order chi connectivity index (χ0) is 20.3. The molecule has 0 spiro atoms. The number of aromatic nitrogens is 2. The molecule has 11 heteroatoms. The fourth-order valence-electron chi connectivity index (χ4n) is 3.49. The lowest BCUT2D eigenvalue weighted by Crippen LogP contribution is -2.24. The van der Waals surface area contributed by atoms with Gasteiger partial charge in [0, 0.05) is 43.8 Å². The van der Waals surface area contributed by atoms with E-state index in [1.54, 1.807) is 0 Å². The van der Waals surface area contributed by atoms with Gasteiger partial charge in [-0.25, -0.2) is 4.79 Å². The molecule has 0 aliphatic carbocycles. The highest BCUT2D eigenvalue weighted by molar-refractivity contribution is 7.09. The summed E-state index contributed by atoms with van der Waals surface area (Å²) in [7, 11) is 0. The third-order valence-corrected chi connectivity index (χ3v) is 5.58. The fraction of sp³-hybridized carbons (Fsp3) is 0.588. The van der Waals surface area contributed by atoms with Crippen LogP contribution < -0.4 is 0 Å². The van der Waals surface area contributed by atoms with Crippen molar-refractivity contribution in [2.24, 2.45) is 11.8 Å². The molecule has 1 N–H and O–H groups in total. The second kappa shape index (κ2) is 8.58. The molecule has 0 aromatic carbocycles. The van der Waals surface area contributed by atoms with Crippen molar-refractivity contribution in [3.8, 4) is 0 Å². The summed E-state index contributed by atoms with van der Waals surface area (Å²) in [6.07, 6.45) is -3.87. The number of likely N-dealkylation sites (tertiary alicyclic amines) is 1. The monoisotopic (exact) mass is 419 g/mol. The molecule has 0 unspecified atom stereocenters. The summed E-state index contributed by atoms with van der Waals surface area (Å²) < 4.78 is 43.2. The van der Waals surface area contributed by atoms with Crippen molar-refractivity contribution in [1.82, 2.24) is 15.1 Å². The molecule has 4 heterocycles. The first kappa shape index (κ1) is 20.7. The molecule has 2 fully saturated rings. The Morgan fingerprint density at radius 2 is 2.14 bits per heavy atom. The van der Waals surface area contributed by atoms with E-state index in [-0.39, 0.29) is 0 Å². The quantitative estimate of drug-likeness (QED) is 0.815. The molecule has 3 atom stereocenters. The maximum absolute atomic E-state index is 10.6. The summed E-state index contributed by atoms with van der Waals surface area (Å²) in [6.45, 7) is 5.86. The molecule has 2 aromatic rings. The predicted molar refractivity (Wildman–Crippen MR) is 92.7 cm³/mol. The summed E-state index contributed by atoms with van der Waals surface area (Å²) in [6, 6.07) is 4.33. The number of fused-ring (bicyclic) bond motifs is 1. The van der Waals surface area contributed by atoms with Crippen LogP contribution in [0.1, 0.15) is 16.7 Å². The molecule has 0 radical (unpaired) electrons. The Kier molecular flexibility index (Phi) is 6.36. The van der Waals surface area contributed by atoms with Gasteiger partial charge in [0.25, 0.3) is 0 Å². The van der Waals surface area contributed by atoms with Crippen molar-refractivity contribution >= 4 is 17.3 Å². The van der Waals surface area contributed by atoms with E-state index in [1.807, 2.05) is 18.3 Å². The van der Waals surface area contributed by atoms with E-state index in [4.69, 9.17) is 19.1 Å². The Hall–Kier alpha value is -1.98. The summed E-state index contributed by atoms with van der Waals surface area (Å²) in [5.41, 5.74) is 0. The third-order valence-electron chi connectivity index (χ3n) is 4.72. The van der Waals surface area contributed by atoms with Crippen molar-refractivity contribution in [3.63, 3.8) is 0 Å². The van der Waals surface area contributed by atoms with E-state index in [9.17, 15) is 13.2 Å². The number of hydrogen-bond donors (Lipinski definition) is 1. The van der Waals surface area contributed by atoms with Crippen LogP contribution in [0.25, 0.3) is 0 Å². The highest BCUT2D eigenvalue weighted by Crippen LogP contribution is 2.36. The third kappa shape index (κ3) is 5.30. The van der Waals surface area contributed by atoms with E-state index in [0.717, 1.165) is 38.6 Å². The number of carbonyl (C=O) groups is 1. The lowest BCUT2D eigenvalue weighted by molar-refractivity contribution is -0.192. The Morgan fingerprint density at radius 1 is 1.39 bits per heavy atom. The van der Waals surface area contributed by atoms with Gasteiger partial charge >= 0.3 is 12.1 Å². The second-order valence-electron chi connectivity index (χ2n) is 6.79. The predicted octanol–water partition coefficient (Wildman–Crippen LogP) is 2.76. The number of carboxylic acid groups (broad SMARTS) is 1. The minimum atomic E-state index is -5.08. The number of aliphatic carboxylic acids is 1. The van der Waals surface area contributed by atoms with Crippen LogP contribution in [0.15, 0.2) is 21.9 Å². The van der Waals surface area contributed by atoms with Crippen LogP contribution in [-0.2, 0) is 22.5 Å². The minimum absolute atomic E-state index is 0.374. The van der Waals surface area contributed by atoms with E-state index >= 15 is 0 Å². The molecule has 0 amide bonds. The first-order valence-corrected chi connectivity index (χ1v) is 9.55. The van der Waals surface area contributed by atoms with Crippen LogP contribution in [0.4, 0.5) is 13.2 Å². The zero-order valence-electron chi connectivity index (χ0n) is 15.1. The second-order valence-corrected chi connectivity index (χ2v) is 7.82. The zero-order valence-corrected chi connectivity index (χ0v) is 15.9. The van der Waals surface area contributed by atoms with Gasteiger partial charge in [0.15, 0.2) is 0 Å². The van der Waals surface area contributed by atoms with Gasteiger partial charge in [-0.05, 0) is 17.4 Å². The van der Waals surface area contributed by atoms with E-state index in [2.05, 4.69) is 32.6 Å². The van der Waals surface area contributed by atoms with Crippen LogP contribution in [0, 0.1) is 18.8 Å². The van der Waals surface area contributed by atoms with Crippen molar-refractivity contribution in [2.75, 3.05) is 19.7 Å². The molecule has 2 aromatic heterocycles. The molecule has 0 saturated carbocycles. The average molecular weight is 419 g/mol. The molecule has 2 saturated heterocycles. The number of nitrogens with zero attached hydrogens (tertiary/aromatic N) is 3. The number of aryl methyl sites for hydroxylation is 1. The summed E-state index contributed by atoms with van der Waals surface area (Å²) >= 11 is 1.83. The van der Waals surface area contributed by atoms with Crippen LogP contribution in [0.3, 0.4) is 0 Å². The summed E-state index contributed by atoms with van der Waals surface area (Å²) in [5, 5.41) is 17.3. The first-order valence-electron chi connectivity index (χ1n) is 8.68. The average Bonchev–Trinajstić information content (AvgIpc) is 3.36. The molecular weight excluding hydrogens is 399 g/mol. The van der Waals surface area contributed by atoms with Crippen molar-refractivity contribution < 1.29 is 32.2 Å². The standard InChI is InChI=1S/C15H19N3O2S.C2HF3O2/c1-10-16-17-15(20-10)5-11-9-19-14-8-18(7-13(11)14)6-12-3-2-4-21-12;3-2(4,5)1(6)7/h2-4,11,13-14H,5-9H2,1H3;(H,6,7)/t11-,13-,14-;/m1./s1. The highest BCUT2D eigenvalue weighted by Gasteiger charge is 2.44. The van der Waals surface area contributed by atoms with E-state index < -0.39 is 12.1 Å². The minimum Gasteiger partial charge on any atom is -0.475 e. The summed E-state index contributed by atoms with van der Waals surface area (Å²) in [5.74, 6) is -0.266. The van der Waals surface area contributed by atoms with Gasteiger partial charge in [-0.3, -0.25) is 4.90 Å². The number of hydrogen-bond acceptors (Lipinski definition) is 7. The number of thiophene rings is 1. The molecule has 154 valence electrons. The Morgan fingerprint density at radius 3 is 2.71 bits per heavy atom. The molecule has 2 aliphatic heterocycles. The van der Waals surface area contributed by atoms with Gasteiger partial charge in [0.2, 0.25) is 11.8 Å². The Bertz CT molecular complexity index is 781. The number of halogens is 3. The van der Waals surface area contributed by atoms with E-state index in [1.165, 1.54) is 4.88 Å². The van der Waals surface area contributed by atoms with Crippen molar-refractivity contribution in [3.05, 3.63) is 34.2 Å². The molecule has 7 nitrogen and oxygen atoms in total. The van der Waals surface area contributed by atoms with Gasteiger partial charge in [-0.1, -0.05) is 6.07 Å². The van der Waals surface area contributed by atoms with Gasteiger partial charge < -0.3 is 14.3 Å². The van der Waals surface area contributed by atoms with Crippen LogP contribution in [0.5, 0.6) is 0 Å². The first-order chi connectivity index (χ1) is 13.2. The van der Waals surface area contributed by atoms with Gasteiger partial charge in [-0.15, -0.1) is 21.5 Å². The Balaban J connectivity index is 0.000000279. The number of alkyl halides is 3. The highest BCUT2D eigenvalue weighted by atomic mass is 32.1. The lowest BCUT2D eigenvalue weighted by atomic mass is 9.90. The van der Waals surface area contributed by atoms with Crippen molar-refractivity contribution in [1.29, 1.82) is 0 Å². The fourth-order valence-corrected chi connectivity index (χ4v) is 4.23. The summed E-state index contributed by atoms with van der Waals surface area (Å²) in [4.78, 5) is 12.8. The maximum Gasteiger partial charge on any atom is 0.490 e. The van der Waals surface area contributed by atoms with Crippen molar-refractivity contribution in [2.45, 2.75) is 32.2 Å². The SMILES string of the molecule is Cc1nnc(C[C@@H]2CO[C@@H]3CN(Cc4cccs4)C[C@H]23)o1.O=C(O)C(F)(F)F. The van der Waals surface area contributed by atoms with Crippen LogP contribution in [-0.4, -0.2) is 58.1 Å². The molecule has 28 heavy (non-hydrogen) atoms. The smallest absolute Gasteiger partial charge is 0.475 e. The molecule has 2 aliphatic rings. The number of rotatable bonds is 4. The molecule has 4 rings (SSSR count). The van der Waals surface area contributed by atoms with E-state index in [0.29, 0.717) is 23.8 Å². The van der Waals surface area contributed by atoms with Gasteiger partial charge in [0.05, 0.1) is 12.7 Å². The number of ether oxygens (including phenoxy) is 1. The maximum atomic E-state index is 10.6. The van der Waals surface area contributed by atoms with Gasteiger partial charge in [-0.2, -0.15) is 13.2 Å². The Labute approximate surface area is 163 Å². The van der Waals surface area contributed by atoms with Crippen LogP contribution >= 0.6 is 11.3 Å². The topological polar surface area (TPSA) is 88.7 Å². The molecular formula is C17H20F3N3O4S. The lowest BCUT2D eigenvalue weighted by Gasteiger charge is -2.18.